The number of carboxylic acids is 1. The van der Waals surface area contributed by atoms with E-state index in [2.05, 4.69) is 5.32 Å². The van der Waals surface area contributed by atoms with Gasteiger partial charge < -0.3 is 14.8 Å². The van der Waals surface area contributed by atoms with Crippen LogP contribution in [0, 0.1) is 15.9 Å². The Kier molecular flexibility index (Phi) is 5.15. The average Bonchev–Trinajstić information content (AvgIpc) is 3.16. The van der Waals surface area contributed by atoms with E-state index in [9.17, 15) is 29.2 Å². The maximum atomic E-state index is 13.4. The van der Waals surface area contributed by atoms with E-state index in [-0.39, 0.29) is 33.7 Å². The molecule has 0 fully saturated rings. The molecule has 0 radical (unpaired) electrons. The summed E-state index contributed by atoms with van der Waals surface area (Å²) in [5, 5.41) is 23.9. The molecule has 4 aromatic rings. The van der Waals surface area contributed by atoms with Crippen LogP contribution in [0.25, 0.3) is 33.4 Å². The zero-order valence-corrected chi connectivity index (χ0v) is 16.6. The van der Waals surface area contributed by atoms with Crippen LogP contribution in [0.15, 0.2) is 65.1 Å². The van der Waals surface area contributed by atoms with Crippen LogP contribution in [0.2, 0.25) is 0 Å². The van der Waals surface area contributed by atoms with Crippen molar-refractivity contribution in [3.8, 4) is 22.5 Å². The molecule has 8 nitrogen and oxygen atoms in total. The fourth-order valence-electron chi connectivity index (χ4n) is 3.49. The summed E-state index contributed by atoms with van der Waals surface area (Å²) in [5.74, 6) is -2.02. The Labute approximate surface area is 180 Å². The van der Waals surface area contributed by atoms with Gasteiger partial charge >= 0.3 is 5.97 Å². The van der Waals surface area contributed by atoms with Crippen LogP contribution >= 0.6 is 0 Å². The van der Waals surface area contributed by atoms with Crippen LogP contribution in [-0.2, 0) is 0 Å². The molecule has 3 aromatic carbocycles. The Morgan fingerprint density at radius 3 is 2.41 bits per heavy atom. The summed E-state index contributed by atoms with van der Waals surface area (Å²) < 4.78 is 19.2. The maximum Gasteiger partial charge on any atom is 0.335 e. The van der Waals surface area contributed by atoms with Crippen molar-refractivity contribution in [3.05, 3.63) is 87.7 Å². The van der Waals surface area contributed by atoms with Gasteiger partial charge in [-0.2, -0.15) is 0 Å². The van der Waals surface area contributed by atoms with Gasteiger partial charge in [0, 0.05) is 18.0 Å². The van der Waals surface area contributed by atoms with Crippen LogP contribution in [0.4, 0.5) is 10.1 Å². The van der Waals surface area contributed by atoms with Crippen molar-refractivity contribution >= 4 is 28.5 Å². The Hall–Kier alpha value is -4.53. The van der Waals surface area contributed by atoms with Crippen LogP contribution in [0.1, 0.15) is 20.7 Å². The monoisotopic (exact) mass is 434 g/mol. The number of fused-ring (bicyclic) bond motifs is 1. The number of aromatic carboxylic acids is 1. The molecule has 1 aromatic heterocycles. The average molecular weight is 434 g/mol. The molecule has 0 atom stereocenters. The molecule has 0 spiro atoms. The van der Waals surface area contributed by atoms with E-state index in [1.807, 2.05) is 0 Å². The number of carbonyl (C=O) groups is 2. The maximum absolute atomic E-state index is 13.4. The topological polar surface area (TPSA) is 123 Å². The molecule has 0 aliphatic carbocycles. The number of nitro benzene ring substituents is 1. The smallest absolute Gasteiger partial charge is 0.335 e. The lowest BCUT2D eigenvalue weighted by Gasteiger charge is -2.06. The lowest BCUT2D eigenvalue weighted by Crippen LogP contribution is -2.18. The van der Waals surface area contributed by atoms with Crippen LogP contribution in [-0.4, -0.2) is 29.0 Å². The number of hydrogen-bond donors (Lipinski definition) is 2. The van der Waals surface area contributed by atoms with Gasteiger partial charge in [0.15, 0.2) is 0 Å². The van der Waals surface area contributed by atoms with Crippen LogP contribution < -0.4 is 5.32 Å². The molecule has 2 N–H and O–H groups in total. The predicted molar refractivity (Wildman–Crippen MR) is 114 cm³/mol. The first-order chi connectivity index (χ1) is 15.3. The Morgan fingerprint density at radius 2 is 1.78 bits per heavy atom. The number of carbonyl (C=O) groups excluding carboxylic acids is 1. The van der Waals surface area contributed by atoms with Gasteiger partial charge in [0.05, 0.1) is 27.7 Å². The number of hydrogen-bond acceptors (Lipinski definition) is 5. The third kappa shape index (κ3) is 3.56. The van der Waals surface area contributed by atoms with Crippen LogP contribution in [0.5, 0.6) is 0 Å². The summed E-state index contributed by atoms with van der Waals surface area (Å²) in [6.07, 6.45) is 0. The first-order valence-corrected chi connectivity index (χ1v) is 9.37. The molecule has 0 bridgehead atoms. The number of benzene rings is 3. The molecule has 4 rings (SSSR count). The molecular weight excluding hydrogens is 419 g/mol. The van der Waals surface area contributed by atoms with Crippen molar-refractivity contribution in [1.29, 1.82) is 0 Å². The SMILES string of the molecule is CNC(=O)c1c(-c2ccc(F)cc2)oc2cc([N+](=O)[O-])c(-c3cccc(C(=O)O)c3)cc12. The van der Waals surface area contributed by atoms with Gasteiger partial charge in [0.1, 0.15) is 17.2 Å². The van der Waals surface area contributed by atoms with Crippen molar-refractivity contribution in [1.82, 2.24) is 5.32 Å². The molecule has 9 heteroatoms. The van der Waals surface area contributed by atoms with Crippen molar-refractivity contribution in [3.63, 3.8) is 0 Å². The molecule has 160 valence electrons. The summed E-state index contributed by atoms with van der Waals surface area (Å²) in [7, 11) is 1.43. The number of nitrogens with zero attached hydrogens (tertiary/aromatic N) is 1. The number of amides is 1. The van der Waals surface area contributed by atoms with Crippen molar-refractivity contribution in [2.24, 2.45) is 0 Å². The number of furan rings is 1. The lowest BCUT2D eigenvalue weighted by atomic mass is 9.97. The highest BCUT2D eigenvalue weighted by molar-refractivity contribution is 6.12. The summed E-state index contributed by atoms with van der Waals surface area (Å²) >= 11 is 0. The largest absolute Gasteiger partial charge is 0.478 e. The minimum absolute atomic E-state index is 0.0392. The molecular formula is C23H15FN2O6. The second kappa shape index (κ2) is 7.95. The number of halogens is 1. The highest BCUT2D eigenvalue weighted by Gasteiger charge is 2.26. The lowest BCUT2D eigenvalue weighted by molar-refractivity contribution is -0.384. The van der Waals surface area contributed by atoms with Gasteiger partial charge in [-0.15, -0.1) is 0 Å². The summed E-state index contributed by atoms with van der Waals surface area (Å²) in [6, 6.07) is 13.6. The quantitative estimate of drug-likeness (QED) is 0.341. The van der Waals surface area contributed by atoms with Gasteiger partial charge in [0.2, 0.25) is 0 Å². The van der Waals surface area contributed by atoms with Gasteiger partial charge in [-0.05, 0) is 48.0 Å². The van der Waals surface area contributed by atoms with Gasteiger partial charge in [-0.25, -0.2) is 9.18 Å². The second-order valence-corrected chi connectivity index (χ2v) is 6.90. The van der Waals surface area contributed by atoms with E-state index >= 15 is 0 Å². The number of nitro groups is 1. The summed E-state index contributed by atoms with van der Waals surface area (Å²) in [5.41, 5.74) is 0.698. The molecule has 1 amide bonds. The van der Waals surface area contributed by atoms with E-state index < -0.39 is 22.6 Å². The second-order valence-electron chi connectivity index (χ2n) is 6.90. The Bertz CT molecular complexity index is 1390. The fourth-order valence-corrected chi connectivity index (χ4v) is 3.49. The van der Waals surface area contributed by atoms with Gasteiger partial charge in [-0.3, -0.25) is 14.9 Å². The third-order valence-corrected chi connectivity index (χ3v) is 4.98. The van der Waals surface area contributed by atoms with E-state index in [1.54, 1.807) is 6.07 Å². The first kappa shape index (κ1) is 20.7. The fraction of sp³-hybridized carbons (Fsp3) is 0.0435. The molecule has 0 aliphatic heterocycles. The normalized spacial score (nSPS) is 10.8. The Balaban J connectivity index is 2.04. The third-order valence-electron chi connectivity index (χ3n) is 4.98. The zero-order valence-electron chi connectivity index (χ0n) is 16.6. The molecule has 0 saturated carbocycles. The van der Waals surface area contributed by atoms with Gasteiger partial charge in [-0.1, -0.05) is 12.1 Å². The van der Waals surface area contributed by atoms with E-state index in [0.717, 1.165) is 0 Å². The summed E-state index contributed by atoms with van der Waals surface area (Å²) in [4.78, 5) is 35.2. The first-order valence-electron chi connectivity index (χ1n) is 9.37. The summed E-state index contributed by atoms with van der Waals surface area (Å²) in [6.45, 7) is 0. The molecule has 32 heavy (non-hydrogen) atoms. The standard InChI is InChI=1S/C23H15FN2O6/c1-25-22(27)20-17-10-16(13-3-2-4-14(9-13)23(28)29)18(26(30)31)11-19(17)32-21(20)12-5-7-15(24)8-6-12/h2-11H,1H3,(H,25,27)(H,28,29). The van der Waals surface area contributed by atoms with Gasteiger partial charge in [0.25, 0.3) is 11.6 Å². The molecule has 0 saturated heterocycles. The highest BCUT2D eigenvalue weighted by atomic mass is 19.1. The van der Waals surface area contributed by atoms with Crippen molar-refractivity contribution in [2.75, 3.05) is 7.05 Å². The highest BCUT2D eigenvalue weighted by Crippen LogP contribution is 2.40. The zero-order chi connectivity index (χ0) is 23.0. The minimum Gasteiger partial charge on any atom is -0.478 e. The van der Waals surface area contributed by atoms with Crippen molar-refractivity contribution in [2.45, 2.75) is 0 Å². The number of nitrogens with one attached hydrogen (secondary N) is 1. The number of carboxylic acid groups (broad SMARTS) is 1. The molecule has 0 unspecified atom stereocenters. The predicted octanol–water partition coefficient (Wildman–Crippen LogP) is 4.87. The Morgan fingerprint density at radius 1 is 1.06 bits per heavy atom. The van der Waals surface area contributed by atoms with Crippen LogP contribution in [0.3, 0.4) is 0 Å². The molecule has 0 aliphatic rings. The number of rotatable bonds is 5. The minimum atomic E-state index is -1.18. The molecule has 1 heterocycles. The van der Waals surface area contributed by atoms with E-state index in [1.165, 1.54) is 61.6 Å². The van der Waals surface area contributed by atoms with E-state index in [0.29, 0.717) is 16.5 Å². The van der Waals surface area contributed by atoms with E-state index in [4.69, 9.17) is 4.42 Å². The van der Waals surface area contributed by atoms with Crippen molar-refractivity contribution < 1.29 is 28.4 Å².